The predicted molar refractivity (Wildman–Crippen MR) is 103 cm³/mol. The largest absolute Gasteiger partial charge is 0.462 e. The van der Waals surface area contributed by atoms with Gasteiger partial charge < -0.3 is 14.5 Å². The van der Waals surface area contributed by atoms with E-state index in [2.05, 4.69) is 14.7 Å². The van der Waals surface area contributed by atoms with Crippen molar-refractivity contribution in [3.63, 3.8) is 0 Å². The Morgan fingerprint density at radius 2 is 2.00 bits per heavy atom. The smallest absolute Gasteiger partial charge is 0.387 e. The Bertz CT molecular complexity index is 1090. The topological polar surface area (TPSA) is 81.3 Å². The highest BCUT2D eigenvalue weighted by molar-refractivity contribution is 7.20. The number of rotatable bonds is 6. The second-order valence-electron chi connectivity index (χ2n) is 5.69. The fourth-order valence-corrected chi connectivity index (χ4v) is 3.65. The number of aryl methyl sites for hydroxylation is 1. The molecule has 3 rings (SSSR count). The first kappa shape index (κ1) is 19.7. The number of hydrogen-bond acceptors (Lipinski definition) is 6. The number of H-pyrrole nitrogens is 1. The quantitative estimate of drug-likeness (QED) is 0.619. The van der Waals surface area contributed by atoms with Crippen molar-refractivity contribution in [2.75, 3.05) is 6.61 Å². The fourth-order valence-electron chi connectivity index (χ4n) is 2.57. The Morgan fingerprint density at radius 3 is 2.64 bits per heavy atom. The van der Waals surface area contributed by atoms with Gasteiger partial charge in [-0.05, 0) is 43.2 Å². The number of thiophene rings is 1. The SMILES string of the molecule is CCOC(=O)c1sc2nc(C=Cc3ccc(OC(F)F)cc3)[nH]c(=O)c2c1C. The molecule has 9 heteroatoms. The van der Waals surface area contributed by atoms with Crippen LogP contribution in [0.4, 0.5) is 8.78 Å². The Kier molecular flexibility index (Phi) is 5.84. The zero-order valence-corrected chi connectivity index (χ0v) is 15.8. The van der Waals surface area contributed by atoms with Gasteiger partial charge >= 0.3 is 12.6 Å². The van der Waals surface area contributed by atoms with Gasteiger partial charge in [0.2, 0.25) is 0 Å². The van der Waals surface area contributed by atoms with Crippen molar-refractivity contribution in [3.8, 4) is 5.75 Å². The van der Waals surface area contributed by atoms with Crippen LogP contribution < -0.4 is 10.3 Å². The van der Waals surface area contributed by atoms with E-state index in [4.69, 9.17) is 4.74 Å². The van der Waals surface area contributed by atoms with Crippen LogP contribution in [0, 0.1) is 6.92 Å². The third kappa shape index (κ3) is 4.25. The lowest BCUT2D eigenvalue weighted by atomic mass is 10.2. The van der Waals surface area contributed by atoms with Crippen molar-refractivity contribution in [3.05, 3.63) is 56.4 Å². The van der Waals surface area contributed by atoms with Gasteiger partial charge in [-0.15, -0.1) is 11.3 Å². The first-order valence-electron chi connectivity index (χ1n) is 8.32. The molecule has 146 valence electrons. The molecule has 3 aromatic rings. The average Bonchev–Trinajstić information content (AvgIpc) is 2.98. The van der Waals surface area contributed by atoms with Gasteiger partial charge in [-0.3, -0.25) is 4.79 Å². The van der Waals surface area contributed by atoms with E-state index in [0.29, 0.717) is 32.0 Å². The number of benzene rings is 1. The average molecular weight is 406 g/mol. The number of ether oxygens (including phenoxy) is 2. The van der Waals surface area contributed by atoms with Gasteiger partial charge in [0, 0.05) is 0 Å². The van der Waals surface area contributed by atoms with E-state index in [9.17, 15) is 18.4 Å². The highest BCUT2D eigenvalue weighted by atomic mass is 32.1. The zero-order chi connectivity index (χ0) is 20.3. The molecule has 0 bridgehead atoms. The van der Waals surface area contributed by atoms with Gasteiger partial charge in [0.1, 0.15) is 21.3 Å². The molecular weight excluding hydrogens is 390 g/mol. The minimum absolute atomic E-state index is 0.0562. The summed E-state index contributed by atoms with van der Waals surface area (Å²) in [6.07, 6.45) is 3.26. The molecule has 28 heavy (non-hydrogen) atoms. The lowest BCUT2D eigenvalue weighted by Gasteiger charge is -2.03. The van der Waals surface area contributed by atoms with Crippen LogP contribution in [-0.2, 0) is 4.74 Å². The van der Waals surface area contributed by atoms with Gasteiger partial charge in [0.05, 0.1) is 12.0 Å². The summed E-state index contributed by atoms with van der Waals surface area (Å²) >= 11 is 1.10. The summed E-state index contributed by atoms with van der Waals surface area (Å²) in [6.45, 7) is 0.753. The van der Waals surface area contributed by atoms with Gasteiger partial charge in [0.15, 0.2) is 0 Å². The molecule has 0 aliphatic heterocycles. The van der Waals surface area contributed by atoms with Crippen molar-refractivity contribution in [1.29, 1.82) is 0 Å². The molecule has 1 N–H and O–H groups in total. The zero-order valence-electron chi connectivity index (χ0n) is 15.0. The van der Waals surface area contributed by atoms with Crippen LogP contribution in [0.1, 0.15) is 33.5 Å². The second-order valence-corrected chi connectivity index (χ2v) is 6.69. The first-order valence-corrected chi connectivity index (χ1v) is 9.14. The number of aromatic nitrogens is 2. The minimum atomic E-state index is -2.88. The molecule has 0 amide bonds. The summed E-state index contributed by atoms with van der Waals surface area (Å²) in [5.41, 5.74) is 0.894. The van der Waals surface area contributed by atoms with E-state index in [1.165, 1.54) is 12.1 Å². The van der Waals surface area contributed by atoms with Crippen molar-refractivity contribution < 1.29 is 23.0 Å². The van der Waals surface area contributed by atoms with Crippen molar-refractivity contribution >= 4 is 39.7 Å². The van der Waals surface area contributed by atoms with Crippen molar-refractivity contribution in [1.82, 2.24) is 9.97 Å². The number of aromatic amines is 1. The molecule has 0 fully saturated rings. The maximum Gasteiger partial charge on any atom is 0.387 e. The Morgan fingerprint density at radius 1 is 1.29 bits per heavy atom. The summed E-state index contributed by atoms with van der Waals surface area (Å²) in [4.78, 5) is 32.2. The number of alkyl halides is 2. The van der Waals surface area contributed by atoms with E-state index in [1.807, 2.05) is 0 Å². The second kappa shape index (κ2) is 8.30. The van der Waals surface area contributed by atoms with Crippen LogP contribution in [0.15, 0.2) is 29.1 Å². The van der Waals surface area contributed by atoms with Crippen LogP contribution in [0.25, 0.3) is 22.4 Å². The number of nitrogens with zero attached hydrogens (tertiary/aromatic N) is 1. The van der Waals surface area contributed by atoms with E-state index in [-0.39, 0.29) is 17.9 Å². The van der Waals surface area contributed by atoms with Crippen LogP contribution in [0.5, 0.6) is 5.75 Å². The first-order chi connectivity index (χ1) is 13.4. The third-order valence-electron chi connectivity index (χ3n) is 3.82. The lowest BCUT2D eigenvalue weighted by molar-refractivity contribution is -0.0498. The number of halogens is 2. The molecule has 2 heterocycles. The van der Waals surface area contributed by atoms with E-state index in [0.717, 1.165) is 11.3 Å². The maximum absolute atomic E-state index is 12.4. The molecule has 0 saturated heterocycles. The fraction of sp³-hybridized carbons (Fsp3) is 0.211. The molecule has 0 saturated carbocycles. The monoisotopic (exact) mass is 406 g/mol. The highest BCUT2D eigenvalue weighted by Crippen LogP contribution is 2.27. The number of carbonyl (C=O) groups is 1. The molecular formula is C19H16F2N2O4S. The van der Waals surface area contributed by atoms with Gasteiger partial charge in [0.25, 0.3) is 5.56 Å². The van der Waals surface area contributed by atoms with Crippen LogP contribution in [0.3, 0.4) is 0 Å². The molecule has 0 spiro atoms. The van der Waals surface area contributed by atoms with Crippen LogP contribution in [-0.4, -0.2) is 29.2 Å². The summed E-state index contributed by atoms with van der Waals surface area (Å²) in [6, 6.07) is 6.02. The van der Waals surface area contributed by atoms with E-state index in [1.54, 1.807) is 38.1 Å². The van der Waals surface area contributed by atoms with E-state index >= 15 is 0 Å². The van der Waals surface area contributed by atoms with Gasteiger partial charge in [-0.1, -0.05) is 18.2 Å². The summed E-state index contributed by atoms with van der Waals surface area (Å²) < 4.78 is 33.6. The standard InChI is InChI=1S/C19H16F2N2O4S/c1-3-26-18(25)15-10(2)14-16(24)22-13(23-17(14)28-15)9-6-11-4-7-12(8-5-11)27-19(20)21/h4-9,19H,3H2,1-2H3,(H,22,23,24). The third-order valence-corrected chi connectivity index (χ3v) is 4.98. The molecule has 2 aromatic heterocycles. The Hall–Kier alpha value is -3.07. The molecule has 0 unspecified atom stereocenters. The van der Waals surface area contributed by atoms with Crippen LogP contribution >= 0.6 is 11.3 Å². The molecule has 0 radical (unpaired) electrons. The van der Waals surface area contributed by atoms with Crippen molar-refractivity contribution in [2.24, 2.45) is 0 Å². The Labute approximate surface area is 162 Å². The molecule has 6 nitrogen and oxygen atoms in total. The van der Waals surface area contributed by atoms with Crippen molar-refractivity contribution in [2.45, 2.75) is 20.5 Å². The molecule has 0 aliphatic carbocycles. The number of hydrogen-bond donors (Lipinski definition) is 1. The highest BCUT2D eigenvalue weighted by Gasteiger charge is 2.19. The van der Waals surface area contributed by atoms with Gasteiger partial charge in [-0.2, -0.15) is 8.78 Å². The summed E-state index contributed by atoms with van der Waals surface area (Å²) in [5, 5.41) is 0.360. The normalized spacial score (nSPS) is 11.5. The maximum atomic E-state index is 12.4. The van der Waals surface area contributed by atoms with E-state index < -0.39 is 12.6 Å². The number of fused-ring (bicyclic) bond motifs is 1. The minimum Gasteiger partial charge on any atom is -0.462 e. The number of carbonyl (C=O) groups excluding carboxylic acids is 1. The molecule has 1 aromatic carbocycles. The molecule has 0 aliphatic rings. The lowest BCUT2D eigenvalue weighted by Crippen LogP contribution is -2.10. The van der Waals surface area contributed by atoms with Gasteiger partial charge in [-0.25, -0.2) is 9.78 Å². The Balaban J connectivity index is 1.88. The van der Waals surface area contributed by atoms with Crippen LogP contribution in [0.2, 0.25) is 0 Å². The number of nitrogens with one attached hydrogen (secondary N) is 1. The number of esters is 1. The summed E-state index contributed by atoms with van der Waals surface area (Å²) in [5.74, 6) is -0.117. The molecule has 0 atom stereocenters. The predicted octanol–water partition coefficient (Wildman–Crippen LogP) is 4.24. The summed E-state index contributed by atoms with van der Waals surface area (Å²) in [7, 11) is 0.